The maximum absolute atomic E-state index is 13.6. The molecule has 0 aromatic carbocycles. The van der Waals surface area contributed by atoms with Crippen molar-refractivity contribution in [2.45, 2.75) is 31.9 Å². The summed E-state index contributed by atoms with van der Waals surface area (Å²) in [5.74, 6) is -0.504. The minimum Gasteiger partial charge on any atom is -0.338 e. The van der Waals surface area contributed by atoms with Gasteiger partial charge in [0.2, 0.25) is 0 Å². The summed E-state index contributed by atoms with van der Waals surface area (Å²) in [5.41, 5.74) is -0.0635. The van der Waals surface area contributed by atoms with Crippen LogP contribution in [0.4, 0.5) is 13.2 Å². The normalized spacial score (nSPS) is 18.0. The van der Waals surface area contributed by atoms with Crippen LogP contribution < -0.4 is 0 Å². The molecule has 1 saturated heterocycles. The number of hydrogen-bond donors (Lipinski definition) is 0. The molecule has 0 spiro atoms. The summed E-state index contributed by atoms with van der Waals surface area (Å²) in [6.45, 7) is 2.29. The SMILES string of the molecule is Cc1noc2nc([C@@H]3CCCN(C(=O)c4cnn(C)c4)C3)cc(C(F)(F)F)c12. The first-order valence-corrected chi connectivity index (χ1v) is 8.86. The molecule has 0 aliphatic carbocycles. The van der Waals surface area contributed by atoms with E-state index in [1.807, 2.05) is 0 Å². The highest BCUT2D eigenvalue weighted by molar-refractivity contribution is 5.93. The van der Waals surface area contributed by atoms with E-state index in [4.69, 9.17) is 4.52 Å². The molecular weight excluding hydrogens is 375 g/mol. The zero-order valence-corrected chi connectivity index (χ0v) is 15.3. The number of amides is 1. The molecule has 10 heteroatoms. The Bertz CT molecular complexity index is 1040. The van der Waals surface area contributed by atoms with Crippen LogP contribution in [-0.2, 0) is 13.2 Å². The van der Waals surface area contributed by atoms with Crippen molar-refractivity contribution in [3.63, 3.8) is 0 Å². The molecule has 4 rings (SSSR count). The van der Waals surface area contributed by atoms with Crippen molar-refractivity contribution in [2.75, 3.05) is 13.1 Å². The fraction of sp³-hybridized carbons (Fsp3) is 0.444. The molecule has 3 aromatic heterocycles. The Morgan fingerprint density at radius 2 is 2.14 bits per heavy atom. The average molecular weight is 393 g/mol. The second kappa shape index (κ2) is 6.61. The predicted molar refractivity (Wildman–Crippen MR) is 92.6 cm³/mol. The van der Waals surface area contributed by atoms with Crippen LogP contribution in [0.5, 0.6) is 0 Å². The van der Waals surface area contributed by atoms with Crippen molar-refractivity contribution in [1.82, 2.24) is 24.8 Å². The number of alkyl halides is 3. The first kappa shape index (κ1) is 18.5. The number of halogens is 3. The van der Waals surface area contributed by atoms with Crippen LogP contribution in [0.1, 0.15) is 46.1 Å². The molecule has 0 bridgehead atoms. The van der Waals surface area contributed by atoms with Gasteiger partial charge in [0.25, 0.3) is 11.6 Å². The van der Waals surface area contributed by atoms with Crippen molar-refractivity contribution in [1.29, 1.82) is 0 Å². The Labute approximate surface area is 158 Å². The van der Waals surface area contributed by atoms with Gasteiger partial charge >= 0.3 is 6.18 Å². The maximum atomic E-state index is 13.6. The molecule has 1 atom stereocenters. The zero-order valence-electron chi connectivity index (χ0n) is 15.3. The first-order chi connectivity index (χ1) is 13.2. The topological polar surface area (TPSA) is 77.1 Å². The molecule has 148 valence electrons. The summed E-state index contributed by atoms with van der Waals surface area (Å²) in [4.78, 5) is 18.6. The van der Waals surface area contributed by atoms with Crippen molar-refractivity contribution in [2.24, 2.45) is 7.05 Å². The smallest absolute Gasteiger partial charge is 0.338 e. The quantitative estimate of drug-likeness (QED) is 0.668. The number of carbonyl (C=O) groups is 1. The monoisotopic (exact) mass is 393 g/mol. The second-order valence-corrected chi connectivity index (χ2v) is 7.03. The van der Waals surface area contributed by atoms with E-state index < -0.39 is 11.7 Å². The van der Waals surface area contributed by atoms with Gasteiger partial charge in [0.05, 0.1) is 34.1 Å². The Balaban J connectivity index is 1.67. The number of hydrogen-bond acceptors (Lipinski definition) is 5. The number of piperidine rings is 1. The van der Waals surface area contributed by atoms with Gasteiger partial charge in [-0.1, -0.05) is 5.16 Å². The minimum atomic E-state index is -4.55. The Morgan fingerprint density at radius 3 is 2.82 bits per heavy atom. The molecule has 28 heavy (non-hydrogen) atoms. The lowest BCUT2D eigenvalue weighted by Crippen LogP contribution is -2.39. The van der Waals surface area contributed by atoms with Gasteiger partial charge in [0, 0.05) is 32.3 Å². The molecule has 3 aromatic rings. The summed E-state index contributed by atoms with van der Waals surface area (Å²) in [5, 5.41) is 7.51. The number of pyridine rings is 1. The lowest BCUT2D eigenvalue weighted by atomic mass is 9.92. The fourth-order valence-corrected chi connectivity index (χ4v) is 3.66. The third kappa shape index (κ3) is 3.23. The highest BCUT2D eigenvalue weighted by Gasteiger charge is 2.37. The molecule has 1 aliphatic heterocycles. The second-order valence-electron chi connectivity index (χ2n) is 7.03. The lowest BCUT2D eigenvalue weighted by Gasteiger charge is -2.32. The standard InChI is InChI=1S/C18H18F3N5O2/c1-10-15-13(18(19,20)21)6-14(23-16(15)28-24-10)11-4-3-5-26(9-11)17(27)12-7-22-25(2)8-12/h6-8,11H,3-5,9H2,1-2H3/t11-/m1/s1. The van der Waals surface area contributed by atoms with Crippen LogP contribution in [-0.4, -0.2) is 43.8 Å². The number of likely N-dealkylation sites (tertiary alicyclic amines) is 1. The van der Waals surface area contributed by atoms with E-state index in [0.29, 0.717) is 24.9 Å². The molecular formula is C18H18F3N5O2. The van der Waals surface area contributed by atoms with Crippen molar-refractivity contribution < 1.29 is 22.5 Å². The molecule has 0 N–H and O–H groups in total. The van der Waals surface area contributed by atoms with Gasteiger partial charge in [-0.15, -0.1) is 0 Å². The summed E-state index contributed by atoms with van der Waals surface area (Å²) in [7, 11) is 1.72. The van der Waals surface area contributed by atoms with E-state index in [-0.39, 0.29) is 40.9 Å². The number of fused-ring (bicyclic) bond motifs is 1. The van der Waals surface area contributed by atoms with Crippen molar-refractivity contribution in [3.05, 3.63) is 41.0 Å². The molecule has 0 unspecified atom stereocenters. The largest absolute Gasteiger partial charge is 0.417 e. The van der Waals surface area contributed by atoms with Gasteiger partial charge in [-0.05, 0) is 25.8 Å². The zero-order chi connectivity index (χ0) is 20.1. The number of rotatable bonds is 2. The lowest BCUT2D eigenvalue weighted by molar-refractivity contribution is -0.136. The van der Waals surface area contributed by atoms with Gasteiger partial charge in [0.15, 0.2) is 0 Å². The summed E-state index contributed by atoms with van der Waals surface area (Å²) in [6.07, 6.45) is -0.135. The Kier molecular flexibility index (Phi) is 4.35. The molecule has 0 saturated carbocycles. The Hall–Kier alpha value is -2.91. The maximum Gasteiger partial charge on any atom is 0.417 e. The average Bonchev–Trinajstić information content (AvgIpc) is 3.26. The van der Waals surface area contributed by atoms with Gasteiger partial charge in [0.1, 0.15) is 0 Å². The first-order valence-electron chi connectivity index (χ1n) is 8.86. The van der Waals surface area contributed by atoms with E-state index in [2.05, 4.69) is 15.2 Å². The van der Waals surface area contributed by atoms with E-state index in [0.717, 1.165) is 6.07 Å². The van der Waals surface area contributed by atoms with E-state index >= 15 is 0 Å². The summed E-state index contributed by atoms with van der Waals surface area (Å²) in [6, 6.07) is 1.06. The number of nitrogens with zero attached hydrogens (tertiary/aromatic N) is 5. The van der Waals surface area contributed by atoms with Crippen LogP contribution in [0.2, 0.25) is 0 Å². The fourth-order valence-electron chi connectivity index (χ4n) is 3.66. The summed E-state index contributed by atoms with van der Waals surface area (Å²) < 4.78 is 47.3. The van der Waals surface area contributed by atoms with Gasteiger partial charge < -0.3 is 9.42 Å². The molecule has 4 heterocycles. The minimum absolute atomic E-state index is 0.115. The third-order valence-electron chi connectivity index (χ3n) is 5.02. The Morgan fingerprint density at radius 1 is 1.36 bits per heavy atom. The van der Waals surface area contributed by atoms with Crippen LogP contribution in [0.15, 0.2) is 23.0 Å². The van der Waals surface area contributed by atoms with Gasteiger partial charge in [-0.2, -0.15) is 18.3 Å². The van der Waals surface area contributed by atoms with Crippen molar-refractivity contribution in [3.8, 4) is 0 Å². The molecule has 7 nitrogen and oxygen atoms in total. The number of carbonyl (C=O) groups excluding carboxylic acids is 1. The van der Waals surface area contributed by atoms with Crippen LogP contribution in [0.25, 0.3) is 11.1 Å². The van der Waals surface area contributed by atoms with E-state index in [9.17, 15) is 18.0 Å². The van der Waals surface area contributed by atoms with Crippen LogP contribution in [0.3, 0.4) is 0 Å². The highest BCUT2D eigenvalue weighted by atomic mass is 19.4. The summed E-state index contributed by atoms with van der Waals surface area (Å²) >= 11 is 0. The van der Waals surface area contributed by atoms with E-state index in [1.54, 1.807) is 18.1 Å². The molecule has 0 radical (unpaired) electrons. The molecule has 1 fully saturated rings. The van der Waals surface area contributed by atoms with Crippen LogP contribution in [0, 0.1) is 6.92 Å². The van der Waals surface area contributed by atoms with Crippen LogP contribution >= 0.6 is 0 Å². The van der Waals surface area contributed by atoms with Gasteiger partial charge in [-0.3, -0.25) is 9.48 Å². The molecule has 1 amide bonds. The molecule has 1 aliphatic rings. The van der Waals surface area contributed by atoms with Gasteiger partial charge in [-0.25, -0.2) is 4.98 Å². The predicted octanol–water partition coefficient (Wildman–Crippen LogP) is 3.30. The van der Waals surface area contributed by atoms with E-state index in [1.165, 1.54) is 17.8 Å². The number of aryl methyl sites for hydroxylation is 2. The number of aromatic nitrogens is 4. The third-order valence-corrected chi connectivity index (χ3v) is 5.02. The van der Waals surface area contributed by atoms with Crippen molar-refractivity contribution >= 4 is 17.0 Å². The highest BCUT2D eigenvalue weighted by Crippen LogP contribution is 2.38.